The van der Waals surface area contributed by atoms with Gasteiger partial charge in [-0.25, -0.2) is 9.59 Å². The van der Waals surface area contributed by atoms with E-state index in [1.807, 2.05) is 6.92 Å². The summed E-state index contributed by atoms with van der Waals surface area (Å²) in [5.74, 6) is -0.981. The van der Waals surface area contributed by atoms with Crippen LogP contribution in [0.3, 0.4) is 0 Å². The molecule has 0 saturated carbocycles. The van der Waals surface area contributed by atoms with Crippen molar-refractivity contribution < 1.29 is 19.8 Å². The van der Waals surface area contributed by atoms with Crippen LogP contribution in [0.1, 0.15) is 19.8 Å². The molecule has 5 nitrogen and oxygen atoms in total. The first-order valence-electron chi connectivity index (χ1n) is 3.86. The van der Waals surface area contributed by atoms with Crippen LogP contribution >= 0.6 is 0 Å². The summed E-state index contributed by atoms with van der Waals surface area (Å²) in [6.45, 7) is 5.55. The number of aliphatic carboxylic acids is 1. The molecule has 0 heterocycles. The third-order valence-corrected chi connectivity index (χ3v) is 0.981. The van der Waals surface area contributed by atoms with Crippen LogP contribution in [0, 0.1) is 0 Å². The third kappa shape index (κ3) is 25.1. The smallest absolute Gasteiger partial charge is 0.404 e. The molecular weight excluding hydrogens is 174 g/mol. The second kappa shape index (κ2) is 10.5. The normalized spacial score (nSPS) is 7.77. The number of nitrogens with one attached hydrogen (secondary N) is 1. The van der Waals surface area contributed by atoms with Crippen molar-refractivity contribution >= 4 is 12.1 Å². The number of rotatable bonds is 4. The highest BCUT2D eigenvalue weighted by Gasteiger charge is 1.88. The first-order valence-corrected chi connectivity index (χ1v) is 3.86. The van der Waals surface area contributed by atoms with Crippen LogP contribution in [0.5, 0.6) is 0 Å². The first-order chi connectivity index (χ1) is 6.04. The number of hydrogen-bond acceptors (Lipinski definition) is 2. The molecule has 0 aromatic carbocycles. The van der Waals surface area contributed by atoms with Crippen LogP contribution in [-0.2, 0) is 4.79 Å². The summed E-state index contributed by atoms with van der Waals surface area (Å²) < 4.78 is 0. The van der Waals surface area contributed by atoms with Crippen LogP contribution in [0.25, 0.3) is 0 Å². The summed E-state index contributed by atoms with van der Waals surface area (Å²) in [5.41, 5.74) is 0. The lowest BCUT2D eigenvalue weighted by Gasteiger charge is -1.94. The minimum absolute atomic E-state index is 0.575. The summed E-state index contributed by atoms with van der Waals surface area (Å²) in [5, 5.41) is 17.9. The average molecular weight is 189 g/mol. The van der Waals surface area contributed by atoms with Crippen molar-refractivity contribution in [2.24, 2.45) is 0 Å². The molecule has 0 aliphatic carbocycles. The summed E-state index contributed by atoms with van der Waals surface area (Å²) in [6.07, 6.45) is 1.85. The molecule has 0 saturated heterocycles. The van der Waals surface area contributed by atoms with Gasteiger partial charge in [-0.1, -0.05) is 19.9 Å². The monoisotopic (exact) mass is 189 g/mol. The van der Waals surface area contributed by atoms with Crippen molar-refractivity contribution in [1.82, 2.24) is 5.32 Å². The van der Waals surface area contributed by atoms with Gasteiger partial charge in [0.2, 0.25) is 0 Å². The van der Waals surface area contributed by atoms with Crippen molar-refractivity contribution in [1.29, 1.82) is 0 Å². The topological polar surface area (TPSA) is 86.6 Å². The molecule has 0 aliphatic rings. The molecule has 0 unspecified atom stereocenters. The molecule has 3 N–H and O–H groups in total. The van der Waals surface area contributed by atoms with Gasteiger partial charge in [0.05, 0.1) is 0 Å². The third-order valence-electron chi connectivity index (χ3n) is 0.981. The molecule has 0 atom stereocenters. The Morgan fingerprint density at radius 3 is 2.15 bits per heavy atom. The number of hydrogen-bond donors (Lipinski definition) is 3. The predicted octanol–water partition coefficient (Wildman–Crippen LogP) is 1.31. The Bertz CT molecular complexity index is 168. The van der Waals surface area contributed by atoms with Crippen LogP contribution in [0.4, 0.5) is 4.79 Å². The maximum absolute atomic E-state index is 9.76. The fraction of sp³-hybridized carbons (Fsp3) is 0.500. The van der Waals surface area contributed by atoms with Gasteiger partial charge in [-0.15, -0.1) is 0 Å². The molecule has 1 amide bonds. The van der Waals surface area contributed by atoms with Gasteiger partial charge in [-0.3, -0.25) is 0 Å². The van der Waals surface area contributed by atoms with E-state index in [1.165, 1.54) is 0 Å². The molecule has 5 heteroatoms. The standard InChI is InChI=1S/C5H11NO2.C3H4O2/c1-2-3-4-6-5(7)8;1-2-3(4)5/h6H,2-4H2,1H3,(H,7,8);2H,1H2,(H,4,5). The van der Waals surface area contributed by atoms with Crippen molar-refractivity contribution in [3.8, 4) is 0 Å². The highest BCUT2D eigenvalue weighted by Crippen LogP contribution is 1.80. The van der Waals surface area contributed by atoms with Gasteiger partial charge in [0, 0.05) is 12.6 Å². The zero-order valence-corrected chi connectivity index (χ0v) is 7.62. The highest BCUT2D eigenvalue weighted by atomic mass is 16.4. The lowest BCUT2D eigenvalue weighted by molar-refractivity contribution is -0.131. The summed E-state index contributed by atoms with van der Waals surface area (Å²) in [7, 11) is 0. The summed E-state index contributed by atoms with van der Waals surface area (Å²) >= 11 is 0. The average Bonchev–Trinajstić information content (AvgIpc) is 2.05. The van der Waals surface area contributed by atoms with Gasteiger partial charge in [0.25, 0.3) is 0 Å². The van der Waals surface area contributed by atoms with Crippen molar-refractivity contribution in [2.45, 2.75) is 19.8 Å². The Balaban J connectivity index is 0. The minimum Gasteiger partial charge on any atom is -0.478 e. The molecule has 13 heavy (non-hydrogen) atoms. The van der Waals surface area contributed by atoms with Gasteiger partial charge in [-0.2, -0.15) is 0 Å². The Kier molecular flexibility index (Phi) is 11.3. The van der Waals surface area contributed by atoms with Gasteiger partial charge >= 0.3 is 12.1 Å². The predicted molar refractivity (Wildman–Crippen MR) is 48.8 cm³/mol. The molecule has 0 radical (unpaired) electrons. The second-order valence-electron chi connectivity index (χ2n) is 2.13. The van der Waals surface area contributed by atoms with Crippen LogP contribution < -0.4 is 5.32 Å². The number of amides is 1. The minimum atomic E-state index is -0.981. The highest BCUT2D eigenvalue weighted by molar-refractivity contribution is 5.78. The largest absolute Gasteiger partial charge is 0.478 e. The van der Waals surface area contributed by atoms with E-state index in [0.717, 1.165) is 18.9 Å². The van der Waals surface area contributed by atoms with Crippen molar-refractivity contribution in [3.05, 3.63) is 12.7 Å². The maximum atomic E-state index is 9.76. The number of unbranched alkanes of at least 4 members (excludes halogenated alkanes) is 1. The fourth-order valence-electron chi connectivity index (χ4n) is 0.372. The van der Waals surface area contributed by atoms with E-state index in [2.05, 4.69) is 11.9 Å². The number of carbonyl (C=O) groups is 2. The molecule has 0 rings (SSSR count). The number of carboxylic acids is 1. The van der Waals surface area contributed by atoms with Gasteiger partial charge in [0.1, 0.15) is 0 Å². The van der Waals surface area contributed by atoms with Gasteiger partial charge in [0.15, 0.2) is 0 Å². The van der Waals surface area contributed by atoms with E-state index in [-0.39, 0.29) is 0 Å². The molecule has 0 aromatic rings. The van der Waals surface area contributed by atoms with E-state index < -0.39 is 12.1 Å². The van der Waals surface area contributed by atoms with E-state index in [1.54, 1.807) is 0 Å². The van der Waals surface area contributed by atoms with E-state index in [0.29, 0.717) is 6.54 Å². The SMILES string of the molecule is C=CC(=O)O.CCCCNC(=O)O. The summed E-state index contributed by atoms with van der Waals surface area (Å²) in [4.78, 5) is 19.0. The molecular formula is C8H15NO4. The van der Waals surface area contributed by atoms with Crippen LogP contribution in [0.2, 0.25) is 0 Å². The molecule has 0 spiro atoms. The second-order valence-corrected chi connectivity index (χ2v) is 2.13. The van der Waals surface area contributed by atoms with Crippen molar-refractivity contribution in [3.63, 3.8) is 0 Å². The summed E-state index contributed by atoms with van der Waals surface area (Å²) in [6, 6.07) is 0. The quantitative estimate of drug-likeness (QED) is 0.459. The first kappa shape index (κ1) is 14.0. The Morgan fingerprint density at radius 2 is 1.92 bits per heavy atom. The molecule has 76 valence electrons. The molecule has 0 fully saturated rings. The van der Waals surface area contributed by atoms with Gasteiger partial charge in [-0.05, 0) is 6.42 Å². The van der Waals surface area contributed by atoms with Crippen LogP contribution in [-0.4, -0.2) is 28.8 Å². The van der Waals surface area contributed by atoms with E-state index in [4.69, 9.17) is 10.2 Å². The molecule has 0 aromatic heterocycles. The van der Waals surface area contributed by atoms with Crippen LogP contribution in [0.15, 0.2) is 12.7 Å². The van der Waals surface area contributed by atoms with Crippen molar-refractivity contribution in [2.75, 3.05) is 6.54 Å². The molecule has 0 aliphatic heterocycles. The number of carboxylic acid groups (broad SMARTS) is 2. The van der Waals surface area contributed by atoms with E-state index >= 15 is 0 Å². The zero-order valence-electron chi connectivity index (χ0n) is 7.62. The fourth-order valence-corrected chi connectivity index (χ4v) is 0.372. The lowest BCUT2D eigenvalue weighted by atomic mass is 10.3. The maximum Gasteiger partial charge on any atom is 0.404 e. The van der Waals surface area contributed by atoms with Gasteiger partial charge < -0.3 is 15.5 Å². The Morgan fingerprint density at radius 1 is 1.46 bits per heavy atom. The zero-order chi connectivity index (χ0) is 10.7. The van der Waals surface area contributed by atoms with E-state index in [9.17, 15) is 9.59 Å². The Labute approximate surface area is 77.1 Å². The molecule has 0 bridgehead atoms. The Hall–Kier alpha value is -1.52. The lowest BCUT2D eigenvalue weighted by Crippen LogP contribution is -2.21.